The lowest BCUT2D eigenvalue weighted by molar-refractivity contribution is 0.422. The maximum Gasteiger partial charge on any atom is 0.225 e. The third-order valence-corrected chi connectivity index (χ3v) is 3.95. The van der Waals surface area contributed by atoms with Crippen molar-refractivity contribution >= 4 is 17.5 Å². The molecule has 0 bridgehead atoms. The van der Waals surface area contributed by atoms with Crippen LogP contribution in [0, 0.1) is 18.8 Å². The van der Waals surface area contributed by atoms with Gasteiger partial charge < -0.3 is 4.90 Å². The van der Waals surface area contributed by atoms with Crippen molar-refractivity contribution in [3.8, 4) is 0 Å². The predicted octanol–water partition coefficient (Wildman–Crippen LogP) is 3.01. The van der Waals surface area contributed by atoms with Crippen LogP contribution in [0.25, 0.3) is 0 Å². The zero-order valence-corrected chi connectivity index (χ0v) is 11.5. The largest absolute Gasteiger partial charge is 0.341 e. The highest BCUT2D eigenvalue weighted by Gasteiger charge is 2.26. The van der Waals surface area contributed by atoms with Gasteiger partial charge in [0.25, 0.3) is 0 Å². The van der Waals surface area contributed by atoms with Crippen molar-refractivity contribution in [1.82, 2.24) is 9.97 Å². The average Bonchev–Trinajstić information content (AvgIpc) is 2.78. The van der Waals surface area contributed by atoms with Crippen LogP contribution in [0.3, 0.4) is 0 Å². The Morgan fingerprint density at radius 3 is 2.82 bits per heavy atom. The van der Waals surface area contributed by atoms with Gasteiger partial charge in [-0.25, -0.2) is 9.97 Å². The van der Waals surface area contributed by atoms with E-state index in [1.807, 2.05) is 13.1 Å². The molecule has 1 fully saturated rings. The van der Waals surface area contributed by atoms with Crippen molar-refractivity contribution in [2.75, 3.05) is 18.0 Å². The minimum Gasteiger partial charge on any atom is -0.341 e. The first kappa shape index (κ1) is 12.6. The van der Waals surface area contributed by atoms with E-state index in [0.29, 0.717) is 5.88 Å². The molecule has 4 heteroatoms. The number of rotatable bonds is 3. The molecule has 0 saturated carbocycles. The molecule has 0 aromatic carbocycles. The predicted molar refractivity (Wildman–Crippen MR) is 71.5 cm³/mol. The summed E-state index contributed by atoms with van der Waals surface area (Å²) in [4.78, 5) is 11.3. The van der Waals surface area contributed by atoms with E-state index in [0.717, 1.165) is 42.1 Å². The zero-order valence-electron chi connectivity index (χ0n) is 10.8. The Morgan fingerprint density at radius 1 is 1.53 bits per heavy atom. The summed E-state index contributed by atoms with van der Waals surface area (Å²) >= 11 is 5.82. The Hall–Kier alpha value is -0.830. The van der Waals surface area contributed by atoms with Crippen molar-refractivity contribution in [2.24, 2.45) is 11.8 Å². The first-order valence-corrected chi connectivity index (χ1v) is 6.78. The molecule has 1 atom stereocenters. The third kappa shape index (κ3) is 2.71. The monoisotopic (exact) mass is 253 g/mol. The van der Waals surface area contributed by atoms with Gasteiger partial charge in [0.1, 0.15) is 0 Å². The number of halogens is 1. The van der Waals surface area contributed by atoms with Gasteiger partial charge in [0, 0.05) is 30.5 Å². The van der Waals surface area contributed by atoms with Gasteiger partial charge in [0.05, 0.1) is 5.88 Å². The smallest absolute Gasteiger partial charge is 0.225 e. The molecule has 0 radical (unpaired) electrons. The van der Waals surface area contributed by atoms with Crippen molar-refractivity contribution in [1.29, 1.82) is 0 Å². The van der Waals surface area contributed by atoms with Crippen molar-refractivity contribution in [3.63, 3.8) is 0 Å². The van der Waals surface area contributed by atoms with E-state index in [1.165, 1.54) is 6.42 Å². The number of aryl methyl sites for hydroxylation is 1. The summed E-state index contributed by atoms with van der Waals surface area (Å²) in [6.45, 7) is 8.73. The molecule has 1 aromatic heterocycles. The molecular weight excluding hydrogens is 234 g/mol. The van der Waals surface area contributed by atoms with Crippen LogP contribution >= 0.6 is 11.6 Å². The molecule has 0 spiro atoms. The van der Waals surface area contributed by atoms with Crippen LogP contribution in [0.4, 0.5) is 5.95 Å². The van der Waals surface area contributed by atoms with Gasteiger partial charge in [-0.05, 0) is 25.2 Å². The Labute approximate surface area is 108 Å². The van der Waals surface area contributed by atoms with E-state index in [1.54, 1.807) is 0 Å². The number of anilines is 1. The normalized spacial score (nSPS) is 20.3. The molecule has 2 heterocycles. The molecule has 0 amide bonds. The Balaban J connectivity index is 2.11. The van der Waals surface area contributed by atoms with Crippen LogP contribution < -0.4 is 4.90 Å². The average molecular weight is 254 g/mol. The maximum absolute atomic E-state index is 5.82. The Bertz CT molecular complexity index is 392. The minimum atomic E-state index is 0.487. The van der Waals surface area contributed by atoms with Gasteiger partial charge >= 0.3 is 0 Å². The number of aromatic nitrogens is 2. The Kier molecular flexibility index (Phi) is 3.87. The molecule has 2 rings (SSSR count). The van der Waals surface area contributed by atoms with Gasteiger partial charge in [-0.1, -0.05) is 13.8 Å². The van der Waals surface area contributed by atoms with E-state index in [-0.39, 0.29) is 0 Å². The van der Waals surface area contributed by atoms with Gasteiger partial charge in [-0.15, -0.1) is 11.6 Å². The first-order valence-electron chi connectivity index (χ1n) is 6.25. The SMILES string of the molecule is Cc1nc(N2CCC(C(C)C)C2)ncc1CCl. The van der Waals surface area contributed by atoms with E-state index in [2.05, 4.69) is 28.7 Å². The number of hydrogen-bond donors (Lipinski definition) is 0. The fraction of sp³-hybridized carbons (Fsp3) is 0.692. The fourth-order valence-corrected chi connectivity index (χ4v) is 2.54. The fourth-order valence-electron chi connectivity index (χ4n) is 2.28. The van der Waals surface area contributed by atoms with E-state index in [9.17, 15) is 0 Å². The maximum atomic E-state index is 5.82. The summed E-state index contributed by atoms with van der Waals surface area (Å²) in [5, 5.41) is 0. The van der Waals surface area contributed by atoms with Gasteiger partial charge in [-0.2, -0.15) is 0 Å². The summed E-state index contributed by atoms with van der Waals surface area (Å²) in [5.41, 5.74) is 2.02. The lowest BCUT2D eigenvalue weighted by Gasteiger charge is -2.18. The summed E-state index contributed by atoms with van der Waals surface area (Å²) in [5.74, 6) is 2.86. The topological polar surface area (TPSA) is 29.0 Å². The summed E-state index contributed by atoms with van der Waals surface area (Å²) in [6.07, 6.45) is 3.10. The van der Waals surface area contributed by atoms with Crippen molar-refractivity contribution < 1.29 is 0 Å². The molecule has 0 N–H and O–H groups in total. The minimum absolute atomic E-state index is 0.487. The second-order valence-corrected chi connectivity index (χ2v) is 5.42. The molecule has 1 aliphatic rings. The number of hydrogen-bond acceptors (Lipinski definition) is 3. The highest BCUT2D eigenvalue weighted by Crippen LogP contribution is 2.26. The summed E-state index contributed by atoms with van der Waals surface area (Å²) < 4.78 is 0. The molecule has 94 valence electrons. The van der Waals surface area contributed by atoms with Crippen LogP contribution in [0.15, 0.2) is 6.20 Å². The molecule has 1 aliphatic heterocycles. The van der Waals surface area contributed by atoms with Crippen LogP contribution in [0.5, 0.6) is 0 Å². The summed E-state index contributed by atoms with van der Waals surface area (Å²) in [6, 6.07) is 0. The van der Waals surface area contributed by atoms with Crippen LogP contribution in [0.1, 0.15) is 31.5 Å². The van der Waals surface area contributed by atoms with Crippen LogP contribution in [-0.2, 0) is 5.88 Å². The molecule has 1 saturated heterocycles. The standard InChI is InChI=1S/C13H20ClN3/c1-9(2)11-4-5-17(8-11)13-15-7-12(6-14)10(3)16-13/h7,9,11H,4-6,8H2,1-3H3. The quantitative estimate of drug-likeness (QED) is 0.776. The van der Waals surface area contributed by atoms with Crippen LogP contribution in [-0.4, -0.2) is 23.1 Å². The molecule has 1 aromatic rings. The van der Waals surface area contributed by atoms with Crippen LogP contribution in [0.2, 0.25) is 0 Å². The van der Waals surface area contributed by atoms with Gasteiger partial charge in [0.2, 0.25) is 5.95 Å². The third-order valence-electron chi connectivity index (χ3n) is 3.66. The van der Waals surface area contributed by atoms with Gasteiger partial charge in [0.15, 0.2) is 0 Å². The molecule has 3 nitrogen and oxygen atoms in total. The molecule has 1 unspecified atom stereocenters. The van der Waals surface area contributed by atoms with E-state index >= 15 is 0 Å². The molecule has 17 heavy (non-hydrogen) atoms. The first-order chi connectivity index (χ1) is 8.11. The molecule has 0 aliphatic carbocycles. The second kappa shape index (κ2) is 5.21. The lowest BCUT2D eigenvalue weighted by Crippen LogP contribution is -2.23. The van der Waals surface area contributed by atoms with Crippen molar-refractivity contribution in [2.45, 2.75) is 33.1 Å². The second-order valence-electron chi connectivity index (χ2n) is 5.15. The van der Waals surface area contributed by atoms with Crippen molar-refractivity contribution in [3.05, 3.63) is 17.5 Å². The highest BCUT2D eigenvalue weighted by atomic mass is 35.5. The summed E-state index contributed by atoms with van der Waals surface area (Å²) in [7, 11) is 0. The zero-order chi connectivity index (χ0) is 12.4. The van der Waals surface area contributed by atoms with Gasteiger partial charge in [-0.3, -0.25) is 0 Å². The number of alkyl halides is 1. The van der Waals surface area contributed by atoms with E-state index < -0.39 is 0 Å². The lowest BCUT2D eigenvalue weighted by atomic mass is 9.95. The highest BCUT2D eigenvalue weighted by molar-refractivity contribution is 6.17. The number of nitrogens with zero attached hydrogens (tertiary/aromatic N) is 3. The Morgan fingerprint density at radius 2 is 2.29 bits per heavy atom. The molecular formula is C13H20ClN3. The van der Waals surface area contributed by atoms with E-state index in [4.69, 9.17) is 11.6 Å².